The van der Waals surface area contributed by atoms with E-state index in [0.717, 1.165) is 5.34 Å². The van der Waals surface area contributed by atoms with Crippen molar-refractivity contribution >= 4 is 18.6 Å². The van der Waals surface area contributed by atoms with E-state index in [1.807, 2.05) is 0 Å². The minimum Gasteiger partial charge on any atom is -0.480 e. The van der Waals surface area contributed by atoms with Gasteiger partial charge in [-0.3, -0.25) is 4.79 Å². The number of nitrogens with zero attached hydrogens (tertiary/aromatic N) is 1. The number of nitrogens with two attached hydrogens (primary N) is 1. The maximum atomic E-state index is 9.76. The molecule has 0 heterocycles. The van der Waals surface area contributed by atoms with Crippen molar-refractivity contribution in [2.75, 3.05) is 5.75 Å². The van der Waals surface area contributed by atoms with Crippen LogP contribution < -0.4 is 35.3 Å². The molecule has 1 atom stereocenters. The molecule has 0 saturated carbocycles. The van der Waals surface area contributed by atoms with Gasteiger partial charge in [0.2, 0.25) is 0 Å². The maximum Gasteiger partial charge on any atom is 1.00 e. The van der Waals surface area contributed by atoms with Crippen molar-refractivity contribution in [1.82, 2.24) is 0 Å². The molecule has 0 rings (SSSR count). The standard InChI is InChI=1S/C3H7NO2S.HNO2.Na/c4-2(1-7)3(5)6;2-1-3;/h2,7H,1,4H2,(H,5,6);(H,2,3);/q;;+1/p-1/t2-;;/m0../s1. The Labute approximate surface area is 90.8 Å². The second-order valence-electron chi connectivity index (χ2n) is 1.20. The summed E-state index contributed by atoms with van der Waals surface area (Å²) in [5.41, 5.74) is 4.94. The maximum absolute atomic E-state index is 9.76. The van der Waals surface area contributed by atoms with Crippen LogP contribution in [0.2, 0.25) is 0 Å². The summed E-state index contributed by atoms with van der Waals surface area (Å²) in [7, 11) is 0. The summed E-state index contributed by atoms with van der Waals surface area (Å²) in [6.07, 6.45) is 0. The van der Waals surface area contributed by atoms with Crippen LogP contribution in [0.3, 0.4) is 0 Å². The van der Waals surface area contributed by atoms with Crippen molar-refractivity contribution in [1.29, 1.82) is 0 Å². The third-order valence-corrected chi connectivity index (χ3v) is 0.907. The minimum atomic E-state index is -1.00. The Hall–Kier alpha value is 0.180. The van der Waals surface area contributed by atoms with Crippen molar-refractivity contribution in [2.45, 2.75) is 6.04 Å². The Bertz CT molecular complexity index is 114. The molecule has 0 aliphatic heterocycles. The van der Waals surface area contributed by atoms with E-state index in [9.17, 15) is 4.79 Å². The van der Waals surface area contributed by atoms with Gasteiger partial charge in [0.05, 0.1) is 0 Å². The van der Waals surface area contributed by atoms with Gasteiger partial charge in [0.25, 0.3) is 0 Å². The number of aliphatic carboxylic acids is 1. The molecule has 0 unspecified atom stereocenters. The van der Waals surface area contributed by atoms with E-state index >= 15 is 0 Å². The normalized spacial score (nSPS) is 9.64. The number of hydrogen-bond donors (Lipinski definition) is 3. The Kier molecular flexibility index (Phi) is 20.2. The molecule has 0 bridgehead atoms. The van der Waals surface area contributed by atoms with Crippen molar-refractivity contribution in [3.63, 3.8) is 0 Å². The third-order valence-electron chi connectivity index (χ3n) is 0.514. The Morgan fingerprint density at radius 3 is 2.09 bits per heavy atom. The van der Waals surface area contributed by atoms with Crippen LogP contribution in [0.4, 0.5) is 0 Å². The molecule has 0 saturated heterocycles. The zero-order valence-electron chi connectivity index (χ0n) is 5.93. The number of hydrogen-bond acceptors (Lipinski definition) is 6. The molecule has 0 radical (unpaired) electrons. The first-order chi connectivity index (χ1) is 4.59. The Balaban J connectivity index is -0.000000140. The second-order valence-corrected chi connectivity index (χ2v) is 1.57. The SMILES string of the molecule is N[C@@H](CS)C(=O)O.O=N[O-].[Na+]. The number of carboxylic acids is 1. The monoisotopic (exact) mass is 190 g/mol. The summed E-state index contributed by atoms with van der Waals surface area (Å²) in [6, 6.07) is -0.816. The fourth-order valence-corrected chi connectivity index (χ4v) is 0.234. The first kappa shape index (κ1) is 17.3. The van der Waals surface area contributed by atoms with Crippen LogP contribution in [0.15, 0.2) is 5.34 Å². The van der Waals surface area contributed by atoms with E-state index < -0.39 is 12.0 Å². The van der Waals surface area contributed by atoms with Crippen LogP contribution in [-0.4, -0.2) is 22.9 Å². The molecule has 0 aromatic carbocycles. The van der Waals surface area contributed by atoms with E-state index in [1.165, 1.54) is 0 Å². The molecule has 0 aromatic heterocycles. The third kappa shape index (κ3) is 17.8. The molecule has 6 nitrogen and oxygen atoms in total. The fourth-order valence-electron chi connectivity index (χ4n) is 0.0781. The smallest absolute Gasteiger partial charge is 0.480 e. The van der Waals surface area contributed by atoms with Gasteiger partial charge in [0.1, 0.15) is 6.04 Å². The average molecular weight is 190 g/mol. The van der Waals surface area contributed by atoms with Gasteiger partial charge in [0.15, 0.2) is 0 Å². The summed E-state index contributed by atoms with van der Waals surface area (Å²) >= 11 is 3.65. The van der Waals surface area contributed by atoms with Crippen LogP contribution in [-0.2, 0) is 4.79 Å². The molecule has 0 amide bonds. The molecule has 11 heavy (non-hydrogen) atoms. The van der Waals surface area contributed by atoms with Gasteiger partial charge in [-0.15, -0.1) is 5.34 Å². The molecular formula is C3H7N2NaO4S. The zero-order chi connectivity index (χ0) is 8.57. The van der Waals surface area contributed by atoms with Gasteiger partial charge >= 0.3 is 35.5 Å². The molecule has 0 aliphatic rings. The molecular weight excluding hydrogens is 183 g/mol. The van der Waals surface area contributed by atoms with Crippen molar-refractivity contribution in [2.24, 2.45) is 11.1 Å². The van der Waals surface area contributed by atoms with Crippen LogP contribution >= 0.6 is 12.6 Å². The number of carboxylic acid groups (broad SMARTS) is 1. The van der Waals surface area contributed by atoms with E-state index in [2.05, 4.69) is 12.6 Å². The van der Waals surface area contributed by atoms with Crippen LogP contribution in [0, 0.1) is 10.1 Å². The predicted molar refractivity (Wildman–Crippen MR) is 38.6 cm³/mol. The summed E-state index contributed by atoms with van der Waals surface area (Å²) in [5, 5.41) is 17.0. The van der Waals surface area contributed by atoms with E-state index in [4.69, 9.17) is 21.0 Å². The number of thiol groups is 1. The second kappa shape index (κ2) is 12.8. The Morgan fingerprint density at radius 2 is 2.09 bits per heavy atom. The summed E-state index contributed by atoms with van der Waals surface area (Å²) < 4.78 is 0. The van der Waals surface area contributed by atoms with Crippen molar-refractivity contribution in [3.05, 3.63) is 10.1 Å². The molecule has 8 heteroatoms. The van der Waals surface area contributed by atoms with Gasteiger partial charge in [-0.05, 0) is 0 Å². The summed E-state index contributed by atoms with van der Waals surface area (Å²) in [6.45, 7) is 0. The molecule has 0 aliphatic carbocycles. The molecule has 60 valence electrons. The first-order valence-electron chi connectivity index (χ1n) is 2.14. The van der Waals surface area contributed by atoms with Crippen LogP contribution in [0.5, 0.6) is 0 Å². The van der Waals surface area contributed by atoms with E-state index in [-0.39, 0.29) is 35.3 Å². The van der Waals surface area contributed by atoms with E-state index in [0.29, 0.717) is 0 Å². The predicted octanol–water partition coefficient (Wildman–Crippen LogP) is -3.42. The summed E-state index contributed by atoms with van der Waals surface area (Å²) in [4.78, 5) is 17.8. The molecule has 0 aromatic rings. The van der Waals surface area contributed by atoms with Crippen molar-refractivity contribution < 1.29 is 39.5 Å². The minimum absolute atomic E-state index is 0. The number of rotatable bonds is 2. The van der Waals surface area contributed by atoms with Crippen LogP contribution in [0.1, 0.15) is 0 Å². The molecule has 0 spiro atoms. The van der Waals surface area contributed by atoms with Crippen molar-refractivity contribution in [3.8, 4) is 0 Å². The van der Waals surface area contributed by atoms with Gasteiger partial charge in [-0.2, -0.15) is 12.6 Å². The number of carbonyl (C=O) groups is 1. The topological polar surface area (TPSA) is 116 Å². The molecule has 3 N–H and O–H groups in total. The average Bonchev–Trinajstić information content (AvgIpc) is 1.88. The quantitative estimate of drug-likeness (QED) is 0.181. The molecule has 0 fully saturated rings. The largest absolute Gasteiger partial charge is 1.00 e. The van der Waals surface area contributed by atoms with Gasteiger partial charge in [-0.1, -0.05) is 0 Å². The van der Waals surface area contributed by atoms with E-state index in [1.54, 1.807) is 0 Å². The zero-order valence-corrected chi connectivity index (χ0v) is 8.82. The van der Waals surface area contributed by atoms with Gasteiger partial charge in [0, 0.05) is 5.75 Å². The summed E-state index contributed by atoms with van der Waals surface area (Å²) in [5.74, 6) is -0.815. The first-order valence-corrected chi connectivity index (χ1v) is 2.77. The van der Waals surface area contributed by atoms with Gasteiger partial charge < -0.3 is 21.0 Å². The van der Waals surface area contributed by atoms with Crippen LogP contribution in [0.25, 0.3) is 0 Å². The van der Waals surface area contributed by atoms with Gasteiger partial charge in [-0.25, -0.2) is 0 Å². The fraction of sp³-hybridized carbons (Fsp3) is 0.667. The Morgan fingerprint density at radius 1 is 1.82 bits per heavy atom.